The number of ether oxygens (including phenoxy) is 2. The number of halogens is 1. The Balaban J connectivity index is 2.12. The summed E-state index contributed by atoms with van der Waals surface area (Å²) in [5.74, 6) is 0. The second-order valence-corrected chi connectivity index (χ2v) is 8.46. The molecule has 2 atom stereocenters. The van der Waals surface area contributed by atoms with Gasteiger partial charge in [0.15, 0.2) is 0 Å². The molecule has 1 aliphatic rings. The summed E-state index contributed by atoms with van der Waals surface area (Å²) < 4.78 is 38.4. The first-order valence-corrected chi connectivity index (χ1v) is 9.04. The molecule has 2 unspecified atom stereocenters. The summed E-state index contributed by atoms with van der Waals surface area (Å²) >= 11 is 6.16. The van der Waals surface area contributed by atoms with E-state index in [0.29, 0.717) is 18.1 Å². The van der Waals surface area contributed by atoms with Crippen LogP contribution in [0, 0.1) is 0 Å². The molecule has 0 aliphatic carbocycles. The highest BCUT2D eigenvalue weighted by molar-refractivity contribution is 7.90. The number of hydrogen-bond acceptors (Lipinski definition) is 4. The highest BCUT2D eigenvalue weighted by Crippen LogP contribution is 2.23. The average Bonchev–Trinajstić information content (AvgIpc) is 2.89. The minimum absolute atomic E-state index is 0.149. The zero-order chi connectivity index (χ0) is 16.4. The van der Waals surface area contributed by atoms with E-state index in [2.05, 4.69) is 4.72 Å². The van der Waals surface area contributed by atoms with E-state index >= 15 is 0 Å². The molecule has 1 aromatic rings. The Kier molecular flexibility index (Phi) is 5.50. The Morgan fingerprint density at radius 3 is 2.68 bits per heavy atom. The molecule has 124 valence electrons. The minimum atomic E-state index is -3.55. The van der Waals surface area contributed by atoms with Gasteiger partial charge in [-0.2, -0.15) is 0 Å². The number of benzene rings is 1. The molecule has 0 spiro atoms. The van der Waals surface area contributed by atoms with Crippen LogP contribution in [0.25, 0.3) is 0 Å². The van der Waals surface area contributed by atoms with Crippen LogP contribution in [0.3, 0.4) is 0 Å². The van der Waals surface area contributed by atoms with Crippen LogP contribution in [-0.4, -0.2) is 45.6 Å². The van der Waals surface area contributed by atoms with Crippen LogP contribution in [0.15, 0.2) is 24.3 Å². The van der Waals surface area contributed by atoms with Gasteiger partial charge in [0.2, 0.25) is 10.0 Å². The third kappa shape index (κ3) is 4.20. The molecule has 0 amide bonds. The number of sulfonamides is 1. The number of rotatable bonds is 6. The molecule has 5 nitrogen and oxygen atoms in total. The second kappa shape index (κ2) is 6.84. The van der Waals surface area contributed by atoms with Gasteiger partial charge >= 0.3 is 0 Å². The Morgan fingerprint density at radius 2 is 2.05 bits per heavy atom. The average molecular weight is 348 g/mol. The number of methoxy groups -OCH3 is 1. The zero-order valence-electron chi connectivity index (χ0n) is 13.0. The minimum Gasteiger partial charge on any atom is -0.378 e. The molecule has 1 aromatic carbocycles. The predicted molar refractivity (Wildman–Crippen MR) is 86.7 cm³/mol. The fraction of sp³-hybridized carbons (Fsp3) is 0.600. The van der Waals surface area contributed by atoms with Gasteiger partial charge in [-0.3, -0.25) is 0 Å². The van der Waals surface area contributed by atoms with Crippen LogP contribution in [0.5, 0.6) is 0 Å². The highest BCUT2D eigenvalue weighted by atomic mass is 35.5. The molecular formula is C15H22ClNO4S. The lowest BCUT2D eigenvalue weighted by Crippen LogP contribution is -2.51. The lowest BCUT2D eigenvalue weighted by Gasteiger charge is -2.29. The quantitative estimate of drug-likeness (QED) is 0.854. The summed E-state index contributed by atoms with van der Waals surface area (Å²) in [4.78, 5) is 0. The fourth-order valence-electron chi connectivity index (χ4n) is 2.64. The standard InChI is InChI=1S/C15H22ClNO4S/c1-15(2,8-11-6-4-5-7-12(11)16)17-22(18,19)14-10-21-9-13(14)20-3/h4-7,13-14,17H,8-10H2,1-3H3. The molecule has 1 heterocycles. The van der Waals surface area contributed by atoms with Crippen molar-refractivity contribution in [3.05, 3.63) is 34.9 Å². The van der Waals surface area contributed by atoms with Crippen molar-refractivity contribution in [2.24, 2.45) is 0 Å². The zero-order valence-corrected chi connectivity index (χ0v) is 14.6. The van der Waals surface area contributed by atoms with E-state index in [9.17, 15) is 8.42 Å². The first-order chi connectivity index (χ1) is 10.2. The van der Waals surface area contributed by atoms with Crippen molar-refractivity contribution in [2.45, 2.75) is 37.2 Å². The van der Waals surface area contributed by atoms with E-state index in [1.165, 1.54) is 7.11 Å². The van der Waals surface area contributed by atoms with Crippen molar-refractivity contribution in [1.29, 1.82) is 0 Å². The Bertz CT molecular complexity index is 618. The van der Waals surface area contributed by atoms with Gasteiger partial charge in [0, 0.05) is 17.7 Å². The maximum atomic E-state index is 12.6. The molecule has 2 rings (SSSR count). The van der Waals surface area contributed by atoms with Crippen molar-refractivity contribution in [1.82, 2.24) is 4.72 Å². The Morgan fingerprint density at radius 1 is 1.36 bits per heavy atom. The van der Waals surface area contributed by atoms with Crippen LogP contribution >= 0.6 is 11.6 Å². The van der Waals surface area contributed by atoms with Gasteiger partial charge in [-0.25, -0.2) is 13.1 Å². The molecule has 0 bridgehead atoms. The summed E-state index contributed by atoms with van der Waals surface area (Å²) in [6.45, 7) is 4.13. The molecule has 1 N–H and O–H groups in total. The summed E-state index contributed by atoms with van der Waals surface area (Å²) in [6.07, 6.45) is 0.0607. The Labute approximate surface area is 137 Å². The van der Waals surface area contributed by atoms with Crippen LogP contribution in [0.2, 0.25) is 5.02 Å². The molecular weight excluding hydrogens is 326 g/mol. The third-order valence-electron chi connectivity index (χ3n) is 3.69. The normalized spacial score (nSPS) is 22.9. The largest absolute Gasteiger partial charge is 0.378 e. The van der Waals surface area contributed by atoms with E-state index in [1.807, 2.05) is 32.0 Å². The fourth-order valence-corrected chi connectivity index (χ4v) is 4.70. The van der Waals surface area contributed by atoms with Gasteiger partial charge in [-0.1, -0.05) is 29.8 Å². The topological polar surface area (TPSA) is 64.6 Å². The van der Waals surface area contributed by atoms with Crippen LogP contribution in [-0.2, 0) is 25.9 Å². The van der Waals surface area contributed by atoms with Gasteiger partial charge in [0.25, 0.3) is 0 Å². The van der Waals surface area contributed by atoms with Gasteiger partial charge in [0.05, 0.1) is 13.2 Å². The number of nitrogens with one attached hydrogen (secondary N) is 1. The molecule has 1 saturated heterocycles. The molecule has 1 aliphatic heterocycles. The first-order valence-electron chi connectivity index (χ1n) is 7.12. The Hall–Kier alpha value is -0.660. The SMILES string of the molecule is COC1COCC1S(=O)(=O)NC(C)(C)Cc1ccccc1Cl. The summed E-state index contributed by atoms with van der Waals surface area (Å²) in [7, 11) is -2.06. The molecule has 1 fully saturated rings. The van der Waals surface area contributed by atoms with Crippen molar-refractivity contribution in [3.63, 3.8) is 0 Å². The van der Waals surface area contributed by atoms with E-state index in [0.717, 1.165) is 5.56 Å². The predicted octanol–water partition coefficient (Wildman–Crippen LogP) is 1.99. The monoisotopic (exact) mass is 347 g/mol. The molecule has 0 saturated carbocycles. The maximum absolute atomic E-state index is 12.6. The highest BCUT2D eigenvalue weighted by Gasteiger charge is 2.41. The van der Waals surface area contributed by atoms with Crippen molar-refractivity contribution < 1.29 is 17.9 Å². The second-order valence-electron chi connectivity index (χ2n) is 6.15. The molecule has 7 heteroatoms. The summed E-state index contributed by atoms with van der Waals surface area (Å²) in [5, 5.41) is -0.0586. The smallest absolute Gasteiger partial charge is 0.219 e. The lowest BCUT2D eigenvalue weighted by molar-refractivity contribution is 0.0828. The van der Waals surface area contributed by atoms with Crippen molar-refractivity contribution in [3.8, 4) is 0 Å². The maximum Gasteiger partial charge on any atom is 0.219 e. The third-order valence-corrected chi connectivity index (χ3v) is 6.13. The van der Waals surface area contributed by atoms with Crippen molar-refractivity contribution >= 4 is 21.6 Å². The van der Waals surface area contributed by atoms with Crippen LogP contribution in [0.1, 0.15) is 19.4 Å². The van der Waals surface area contributed by atoms with Gasteiger partial charge in [-0.05, 0) is 31.9 Å². The van der Waals surface area contributed by atoms with Crippen LogP contribution < -0.4 is 4.72 Å². The van der Waals surface area contributed by atoms with Gasteiger partial charge in [0.1, 0.15) is 11.4 Å². The molecule has 22 heavy (non-hydrogen) atoms. The van der Waals surface area contributed by atoms with E-state index < -0.39 is 26.9 Å². The summed E-state index contributed by atoms with van der Waals surface area (Å²) in [6, 6.07) is 7.43. The summed E-state index contributed by atoms with van der Waals surface area (Å²) in [5.41, 5.74) is 0.243. The first kappa shape index (κ1) is 17.7. The van der Waals surface area contributed by atoms with E-state index in [-0.39, 0.29) is 6.61 Å². The van der Waals surface area contributed by atoms with Gasteiger partial charge < -0.3 is 9.47 Å². The molecule has 0 aromatic heterocycles. The van der Waals surface area contributed by atoms with Crippen molar-refractivity contribution in [2.75, 3.05) is 20.3 Å². The number of hydrogen-bond donors (Lipinski definition) is 1. The molecule has 0 radical (unpaired) electrons. The van der Waals surface area contributed by atoms with E-state index in [1.54, 1.807) is 6.07 Å². The lowest BCUT2D eigenvalue weighted by atomic mass is 9.96. The van der Waals surface area contributed by atoms with Gasteiger partial charge in [-0.15, -0.1) is 0 Å². The van der Waals surface area contributed by atoms with Crippen LogP contribution in [0.4, 0.5) is 0 Å². The van der Waals surface area contributed by atoms with E-state index in [4.69, 9.17) is 21.1 Å².